The third-order valence-electron chi connectivity index (χ3n) is 3.64. The molecule has 1 aromatic rings. The fraction of sp³-hybridized carbons (Fsp3) is 0.0714. The lowest BCUT2D eigenvalue weighted by Gasteiger charge is -2.27. The first-order valence-corrected chi connectivity index (χ1v) is 5.91. The monoisotopic (exact) mass is 251 g/mol. The summed E-state index contributed by atoms with van der Waals surface area (Å²) in [5.74, 6) is -0.348. The minimum atomic E-state index is -1.11. The lowest BCUT2D eigenvalue weighted by Crippen LogP contribution is -2.49. The molecule has 1 unspecified atom stereocenters. The van der Waals surface area contributed by atoms with Gasteiger partial charge in [-0.3, -0.25) is 15.1 Å². The smallest absolute Gasteiger partial charge is 0.316 e. The highest BCUT2D eigenvalue weighted by molar-refractivity contribution is 6.18. The number of urea groups is 1. The van der Waals surface area contributed by atoms with Gasteiger partial charge >= 0.3 is 6.03 Å². The first kappa shape index (κ1) is 10.3. The highest BCUT2D eigenvalue weighted by Crippen LogP contribution is 2.34. The Morgan fingerprint density at radius 2 is 2.16 bits per heavy atom. The molecule has 1 fully saturated rings. The second-order valence-corrected chi connectivity index (χ2v) is 4.68. The van der Waals surface area contributed by atoms with Crippen LogP contribution in [0.25, 0.3) is 11.6 Å². The van der Waals surface area contributed by atoms with Gasteiger partial charge in [0.2, 0.25) is 0 Å². The van der Waals surface area contributed by atoms with Crippen LogP contribution in [0.4, 0.5) is 4.79 Å². The molecule has 0 bridgehead atoms. The number of imide groups is 1. The van der Waals surface area contributed by atoms with Crippen molar-refractivity contribution in [3.63, 3.8) is 0 Å². The summed E-state index contributed by atoms with van der Waals surface area (Å²) >= 11 is 0. The average molecular weight is 251 g/mol. The summed E-state index contributed by atoms with van der Waals surface area (Å²) in [5, 5.41) is 6.91. The van der Waals surface area contributed by atoms with Gasteiger partial charge in [0.15, 0.2) is 5.54 Å². The van der Waals surface area contributed by atoms with Gasteiger partial charge in [0, 0.05) is 23.2 Å². The molecule has 1 atom stereocenters. The Morgan fingerprint density at radius 3 is 2.95 bits per heavy atom. The minimum Gasteiger partial charge on any atom is -0.316 e. The number of nitrogens with zero attached hydrogens (tertiary/aromatic N) is 1. The van der Waals surface area contributed by atoms with E-state index in [1.54, 1.807) is 24.5 Å². The van der Waals surface area contributed by atoms with E-state index in [9.17, 15) is 9.59 Å². The zero-order valence-electron chi connectivity index (χ0n) is 9.81. The Kier molecular flexibility index (Phi) is 1.73. The molecule has 19 heavy (non-hydrogen) atoms. The quantitative estimate of drug-likeness (QED) is 0.587. The summed E-state index contributed by atoms with van der Waals surface area (Å²) in [6.45, 7) is 0. The van der Waals surface area contributed by atoms with Gasteiger partial charge in [0.1, 0.15) is 0 Å². The summed E-state index contributed by atoms with van der Waals surface area (Å²) < 4.78 is 0. The van der Waals surface area contributed by atoms with Gasteiger partial charge in [0.05, 0.1) is 0 Å². The van der Waals surface area contributed by atoms with Crippen molar-refractivity contribution in [3.05, 3.63) is 52.7 Å². The van der Waals surface area contributed by atoms with Crippen LogP contribution >= 0.6 is 0 Å². The lowest BCUT2D eigenvalue weighted by molar-refractivity contribution is -0.120. The molecule has 2 aliphatic carbocycles. The maximum Gasteiger partial charge on any atom is 0.322 e. The molecule has 5 nitrogen and oxygen atoms in total. The molecule has 1 saturated heterocycles. The number of rotatable bonds is 0. The highest BCUT2D eigenvalue weighted by atomic mass is 16.2. The van der Waals surface area contributed by atoms with Crippen molar-refractivity contribution in [2.24, 2.45) is 0 Å². The second kappa shape index (κ2) is 3.20. The number of fused-ring (bicyclic) bond motifs is 3. The van der Waals surface area contributed by atoms with Gasteiger partial charge in [0.25, 0.3) is 5.91 Å². The molecule has 3 aliphatic rings. The zero-order chi connectivity index (χ0) is 13.0. The Bertz CT molecular complexity index is 819. The van der Waals surface area contributed by atoms with Gasteiger partial charge in [-0.15, -0.1) is 0 Å². The van der Waals surface area contributed by atoms with Gasteiger partial charge in [-0.25, -0.2) is 4.79 Å². The van der Waals surface area contributed by atoms with Crippen molar-refractivity contribution in [2.75, 3.05) is 0 Å². The molecule has 3 amide bonds. The number of aromatic nitrogens is 1. The number of carbonyl (C=O) groups excluding carboxylic acids is 2. The van der Waals surface area contributed by atoms with E-state index >= 15 is 0 Å². The summed E-state index contributed by atoms with van der Waals surface area (Å²) in [6.07, 6.45) is 10.9. The highest BCUT2D eigenvalue weighted by Gasteiger charge is 2.49. The van der Waals surface area contributed by atoms with E-state index in [0.717, 1.165) is 21.6 Å². The van der Waals surface area contributed by atoms with Crippen LogP contribution in [0, 0.1) is 0 Å². The standard InChI is InChI=1S/C14H9N3O2/c18-12-14(17-13(19)16-12)4-1-2-9-6-8-3-5-15-7-10(8)11(9)14/h1-7H,(H2,16,17,18,19). The molecule has 2 N–H and O–H groups in total. The molecule has 2 heterocycles. The average Bonchev–Trinajstić information content (AvgIpc) is 2.89. The number of nitrogens with one attached hydrogen (secondary N) is 2. The summed E-state index contributed by atoms with van der Waals surface area (Å²) in [7, 11) is 0. The van der Waals surface area contributed by atoms with Crippen LogP contribution in [0.15, 0.2) is 42.3 Å². The minimum absolute atomic E-state index is 0.348. The lowest BCUT2D eigenvalue weighted by atomic mass is 9.82. The van der Waals surface area contributed by atoms with Crippen LogP contribution in [-0.4, -0.2) is 22.5 Å². The number of allylic oxidation sites excluding steroid dienone is 2. The molecule has 5 heteroatoms. The van der Waals surface area contributed by atoms with Crippen molar-refractivity contribution in [3.8, 4) is 0 Å². The Labute approximate surface area is 108 Å². The van der Waals surface area contributed by atoms with E-state index in [2.05, 4.69) is 15.6 Å². The van der Waals surface area contributed by atoms with Crippen LogP contribution < -0.4 is 21.1 Å². The molecule has 92 valence electrons. The molecule has 0 aromatic carbocycles. The number of hydrogen-bond donors (Lipinski definition) is 2. The van der Waals surface area contributed by atoms with Crippen LogP contribution in [0.3, 0.4) is 0 Å². The molecule has 1 spiro atoms. The number of carbonyl (C=O) groups is 2. The molecule has 1 aromatic heterocycles. The zero-order valence-corrected chi connectivity index (χ0v) is 9.81. The molecule has 0 saturated carbocycles. The van der Waals surface area contributed by atoms with Crippen molar-refractivity contribution in [1.29, 1.82) is 0 Å². The number of amides is 3. The van der Waals surface area contributed by atoms with Gasteiger partial charge in [-0.2, -0.15) is 0 Å². The Morgan fingerprint density at radius 1 is 1.26 bits per heavy atom. The van der Waals surface area contributed by atoms with E-state index in [1.807, 2.05) is 18.2 Å². The molecule has 4 rings (SSSR count). The first-order chi connectivity index (χ1) is 9.21. The fourth-order valence-electron chi connectivity index (χ4n) is 2.85. The van der Waals surface area contributed by atoms with E-state index in [1.165, 1.54) is 0 Å². The van der Waals surface area contributed by atoms with Crippen molar-refractivity contribution >= 4 is 23.6 Å². The van der Waals surface area contributed by atoms with Gasteiger partial charge < -0.3 is 5.32 Å². The molecule has 0 radical (unpaired) electrons. The van der Waals surface area contributed by atoms with Crippen molar-refractivity contribution in [2.45, 2.75) is 5.54 Å². The number of hydrogen-bond acceptors (Lipinski definition) is 3. The second-order valence-electron chi connectivity index (χ2n) is 4.68. The molecular formula is C14H9N3O2. The van der Waals surface area contributed by atoms with E-state index < -0.39 is 11.6 Å². The normalized spacial score (nSPS) is 26.5. The van der Waals surface area contributed by atoms with E-state index in [-0.39, 0.29) is 5.91 Å². The maximum atomic E-state index is 12.2. The van der Waals surface area contributed by atoms with Crippen molar-refractivity contribution in [1.82, 2.24) is 15.6 Å². The predicted molar refractivity (Wildman–Crippen MR) is 68.0 cm³/mol. The predicted octanol–water partition coefficient (Wildman–Crippen LogP) is -0.899. The fourth-order valence-corrected chi connectivity index (χ4v) is 2.85. The number of pyridine rings is 1. The van der Waals surface area contributed by atoms with Gasteiger partial charge in [-0.05, 0) is 29.0 Å². The third kappa shape index (κ3) is 1.16. The third-order valence-corrected chi connectivity index (χ3v) is 3.64. The summed E-state index contributed by atoms with van der Waals surface area (Å²) in [4.78, 5) is 27.8. The van der Waals surface area contributed by atoms with Crippen LogP contribution in [0.2, 0.25) is 0 Å². The maximum absolute atomic E-state index is 12.2. The Balaban J connectivity index is 2.11. The Hall–Kier alpha value is -2.69. The molecule has 1 aliphatic heterocycles. The van der Waals surface area contributed by atoms with Crippen LogP contribution in [0.5, 0.6) is 0 Å². The molecular weight excluding hydrogens is 242 g/mol. The summed E-state index contributed by atoms with van der Waals surface area (Å²) in [6, 6.07) is 1.42. The topological polar surface area (TPSA) is 71.1 Å². The summed E-state index contributed by atoms with van der Waals surface area (Å²) in [5.41, 5.74) is 0.621. The van der Waals surface area contributed by atoms with Crippen LogP contribution in [-0.2, 0) is 4.79 Å². The SMILES string of the molecule is O=C1NC(=O)C2(C=CC=C3C=c4ccncc4=C32)N1. The van der Waals surface area contributed by atoms with Crippen LogP contribution in [0.1, 0.15) is 0 Å². The van der Waals surface area contributed by atoms with Gasteiger partial charge in [-0.1, -0.05) is 12.2 Å². The van der Waals surface area contributed by atoms with E-state index in [0.29, 0.717) is 0 Å². The van der Waals surface area contributed by atoms with Crippen molar-refractivity contribution < 1.29 is 9.59 Å². The first-order valence-electron chi connectivity index (χ1n) is 5.91. The van der Waals surface area contributed by atoms with E-state index in [4.69, 9.17) is 0 Å². The largest absolute Gasteiger partial charge is 0.322 e.